The smallest absolute Gasteiger partial charge is 0.440 e. The van der Waals surface area contributed by atoms with Gasteiger partial charge < -0.3 is 20.0 Å². The van der Waals surface area contributed by atoms with Crippen molar-refractivity contribution < 1.29 is 29.1 Å². The standard InChI is InChI=1S/C18H18N2O6/c21-16(15-9-5-2-6-10-15)26-20(18(23)24)12-11-19-17(22)25-13-14-7-3-1-4-8-14/h1-10H,11-13H2,(H,19,22)(H,23,24). The Labute approximate surface area is 149 Å². The molecule has 0 saturated heterocycles. The van der Waals surface area contributed by atoms with Crippen molar-refractivity contribution in [3.05, 3.63) is 71.8 Å². The molecule has 8 heteroatoms. The van der Waals surface area contributed by atoms with Gasteiger partial charge in [0, 0.05) is 6.54 Å². The van der Waals surface area contributed by atoms with Crippen molar-refractivity contribution in [1.29, 1.82) is 0 Å². The molecule has 0 bridgehead atoms. The number of nitrogens with one attached hydrogen (secondary N) is 1. The number of alkyl carbamates (subject to hydrolysis) is 1. The molecule has 0 aliphatic heterocycles. The van der Waals surface area contributed by atoms with Gasteiger partial charge in [-0.2, -0.15) is 0 Å². The zero-order chi connectivity index (χ0) is 18.8. The first-order valence-corrected chi connectivity index (χ1v) is 7.78. The van der Waals surface area contributed by atoms with E-state index in [1.807, 2.05) is 30.3 Å². The number of hydrogen-bond donors (Lipinski definition) is 2. The summed E-state index contributed by atoms with van der Waals surface area (Å²) < 4.78 is 5.00. The number of carbonyl (C=O) groups is 3. The van der Waals surface area contributed by atoms with Crippen molar-refractivity contribution in [2.75, 3.05) is 13.1 Å². The molecule has 0 spiro atoms. The maximum atomic E-state index is 11.9. The predicted molar refractivity (Wildman–Crippen MR) is 91.2 cm³/mol. The van der Waals surface area contributed by atoms with Crippen molar-refractivity contribution in [2.45, 2.75) is 6.61 Å². The van der Waals surface area contributed by atoms with Gasteiger partial charge in [-0.25, -0.2) is 14.4 Å². The molecule has 0 heterocycles. The van der Waals surface area contributed by atoms with Crippen LogP contribution in [0.3, 0.4) is 0 Å². The van der Waals surface area contributed by atoms with Crippen LogP contribution in [0.1, 0.15) is 15.9 Å². The molecule has 0 aliphatic rings. The van der Waals surface area contributed by atoms with E-state index in [9.17, 15) is 14.4 Å². The van der Waals surface area contributed by atoms with Gasteiger partial charge in [-0.05, 0) is 17.7 Å². The van der Waals surface area contributed by atoms with Gasteiger partial charge in [0.25, 0.3) is 0 Å². The summed E-state index contributed by atoms with van der Waals surface area (Å²) in [6.07, 6.45) is -2.15. The first-order valence-electron chi connectivity index (χ1n) is 7.78. The topological polar surface area (TPSA) is 105 Å². The molecule has 0 atom stereocenters. The number of hydrogen-bond acceptors (Lipinski definition) is 5. The minimum absolute atomic E-state index is 0.0814. The fraction of sp³-hybridized carbons (Fsp3) is 0.167. The average molecular weight is 358 g/mol. The highest BCUT2D eigenvalue weighted by Gasteiger charge is 2.19. The number of benzene rings is 2. The molecular formula is C18H18N2O6. The Morgan fingerprint density at radius 3 is 2.19 bits per heavy atom. The van der Waals surface area contributed by atoms with Crippen LogP contribution in [0.4, 0.5) is 9.59 Å². The minimum Gasteiger partial charge on any atom is -0.463 e. The van der Waals surface area contributed by atoms with Gasteiger partial charge in [-0.3, -0.25) is 0 Å². The first kappa shape index (κ1) is 18.8. The van der Waals surface area contributed by atoms with Crippen LogP contribution < -0.4 is 5.32 Å². The van der Waals surface area contributed by atoms with Gasteiger partial charge in [-0.15, -0.1) is 5.06 Å². The summed E-state index contributed by atoms with van der Waals surface area (Å²) in [6.45, 7) is -0.228. The summed E-state index contributed by atoms with van der Waals surface area (Å²) >= 11 is 0. The second-order valence-electron chi connectivity index (χ2n) is 5.12. The number of amides is 2. The van der Waals surface area contributed by atoms with Crippen LogP contribution in [-0.2, 0) is 16.2 Å². The highest BCUT2D eigenvalue weighted by atomic mass is 16.7. The average Bonchev–Trinajstić information content (AvgIpc) is 2.67. The Kier molecular flexibility index (Phi) is 6.99. The van der Waals surface area contributed by atoms with Crippen LogP contribution >= 0.6 is 0 Å². The summed E-state index contributed by atoms with van der Waals surface area (Å²) in [6, 6.07) is 17.1. The van der Waals surface area contributed by atoms with E-state index in [0.29, 0.717) is 5.06 Å². The number of hydroxylamine groups is 2. The second kappa shape index (κ2) is 9.67. The van der Waals surface area contributed by atoms with Gasteiger partial charge >= 0.3 is 18.2 Å². The molecule has 0 unspecified atom stereocenters. The van der Waals surface area contributed by atoms with Crippen molar-refractivity contribution in [3.63, 3.8) is 0 Å². The summed E-state index contributed by atoms with van der Waals surface area (Å²) in [7, 11) is 0. The van der Waals surface area contributed by atoms with Crippen molar-refractivity contribution >= 4 is 18.2 Å². The second-order valence-corrected chi connectivity index (χ2v) is 5.12. The van der Waals surface area contributed by atoms with Crippen LogP contribution in [0.5, 0.6) is 0 Å². The highest BCUT2D eigenvalue weighted by molar-refractivity contribution is 5.89. The fourth-order valence-electron chi connectivity index (χ4n) is 1.94. The minimum atomic E-state index is -1.45. The van der Waals surface area contributed by atoms with E-state index in [-0.39, 0.29) is 25.3 Å². The molecule has 2 amide bonds. The summed E-state index contributed by atoms with van der Waals surface area (Å²) in [5, 5.41) is 11.9. The van der Waals surface area contributed by atoms with Gasteiger partial charge in [-0.1, -0.05) is 48.5 Å². The van der Waals surface area contributed by atoms with E-state index in [2.05, 4.69) is 5.32 Å². The third kappa shape index (κ3) is 6.16. The van der Waals surface area contributed by atoms with E-state index in [1.165, 1.54) is 12.1 Å². The number of rotatable bonds is 6. The quantitative estimate of drug-likeness (QED) is 0.769. The lowest BCUT2D eigenvalue weighted by Gasteiger charge is -2.18. The molecule has 2 rings (SSSR count). The van der Waals surface area contributed by atoms with E-state index >= 15 is 0 Å². The van der Waals surface area contributed by atoms with Crippen molar-refractivity contribution in [3.8, 4) is 0 Å². The molecule has 26 heavy (non-hydrogen) atoms. The lowest BCUT2D eigenvalue weighted by Crippen LogP contribution is -2.39. The van der Waals surface area contributed by atoms with Crippen LogP contribution in [0.15, 0.2) is 60.7 Å². The lowest BCUT2D eigenvalue weighted by atomic mass is 10.2. The number of nitrogens with zero attached hydrogens (tertiary/aromatic N) is 1. The molecule has 8 nitrogen and oxygen atoms in total. The monoisotopic (exact) mass is 358 g/mol. The molecule has 2 N–H and O–H groups in total. The molecule has 0 radical (unpaired) electrons. The lowest BCUT2D eigenvalue weighted by molar-refractivity contribution is -0.0858. The molecule has 0 saturated carbocycles. The van der Waals surface area contributed by atoms with E-state index < -0.39 is 18.2 Å². The maximum absolute atomic E-state index is 11.9. The molecule has 2 aromatic rings. The summed E-state index contributed by atoms with van der Waals surface area (Å²) in [5.41, 5.74) is 1.04. The van der Waals surface area contributed by atoms with E-state index in [0.717, 1.165) is 5.56 Å². The number of carbonyl (C=O) groups excluding carboxylic acids is 2. The van der Waals surface area contributed by atoms with Gasteiger partial charge in [0.15, 0.2) is 0 Å². The zero-order valence-electron chi connectivity index (χ0n) is 13.8. The van der Waals surface area contributed by atoms with Crippen LogP contribution in [0.2, 0.25) is 0 Å². The van der Waals surface area contributed by atoms with Gasteiger partial charge in [0.05, 0.1) is 12.1 Å². The Balaban J connectivity index is 1.75. The number of carboxylic acid groups (broad SMARTS) is 1. The highest BCUT2D eigenvalue weighted by Crippen LogP contribution is 2.04. The Morgan fingerprint density at radius 2 is 1.58 bits per heavy atom. The van der Waals surface area contributed by atoms with Crippen LogP contribution in [-0.4, -0.2) is 41.4 Å². The van der Waals surface area contributed by atoms with Crippen LogP contribution in [0.25, 0.3) is 0 Å². The third-order valence-corrected chi connectivity index (χ3v) is 3.21. The SMILES string of the molecule is O=C(NCCN(OC(=O)c1ccccc1)C(=O)O)OCc1ccccc1. The van der Waals surface area contributed by atoms with Crippen LogP contribution in [0, 0.1) is 0 Å². The Hall–Kier alpha value is -3.55. The Bertz CT molecular complexity index is 736. The molecule has 0 aliphatic carbocycles. The first-order chi connectivity index (χ1) is 12.6. The summed E-state index contributed by atoms with van der Waals surface area (Å²) in [4.78, 5) is 39.5. The summed E-state index contributed by atoms with van der Waals surface area (Å²) in [5.74, 6) is -0.806. The predicted octanol–water partition coefficient (Wildman–Crippen LogP) is 2.66. The molecule has 2 aromatic carbocycles. The third-order valence-electron chi connectivity index (χ3n) is 3.21. The normalized spacial score (nSPS) is 9.85. The van der Waals surface area contributed by atoms with Crippen molar-refractivity contribution in [1.82, 2.24) is 10.4 Å². The molecule has 136 valence electrons. The van der Waals surface area contributed by atoms with E-state index in [1.54, 1.807) is 18.2 Å². The van der Waals surface area contributed by atoms with Crippen molar-refractivity contribution in [2.24, 2.45) is 0 Å². The fourth-order valence-corrected chi connectivity index (χ4v) is 1.94. The zero-order valence-corrected chi connectivity index (χ0v) is 13.8. The number of ether oxygens (including phenoxy) is 1. The van der Waals surface area contributed by atoms with E-state index in [4.69, 9.17) is 14.7 Å². The maximum Gasteiger partial charge on any atom is 0.440 e. The molecule has 0 aromatic heterocycles. The Morgan fingerprint density at radius 1 is 0.962 bits per heavy atom. The molecular weight excluding hydrogens is 340 g/mol. The molecule has 0 fully saturated rings. The van der Waals surface area contributed by atoms with Gasteiger partial charge in [0.1, 0.15) is 6.61 Å². The van der Waals surface area contributed by atoms with Gasteiger partial charge in [0.2, 0.25) is 0 Å². The largest absolute Gasteiger partial charge is 0.463 e.